The molecule has 1 aromatic carbocycles. The van der Waals surface area contributed by atoms with Gasteiger partial charge in [-0.2, -0.15) is 4.68 Å². The van der Waals surface area contributed by atoms with E-state index in [0.717, 1.165) is 18.7 Å². The smallest absolute Gasteiger partial charge is 0.321 e. The number of tetrazole rings is 1. The van der Waals surface area contributed by atoms with E-state index >= 15 is 0 Å². The molecule has 1 aliphatic carbocycles. The number of halogens is 1. The van der Waals surface area contributed by atoms with Gasteiger partial charge in [-0.3, -0.25) is 4.79 Å². The molecule has 3 rings (SSSR count). The molecule has 2 aromatic rings. The Labute approximate surface area is 154 Å². The highest BCUT2D eigenvalue weighted by atomic mass is 35.5. The Hall–Kier alpha value is -2.68. The maximum absolute atomic E-state index is 12.3. The molecule has 1 aromatic heterocycles. The van der Waals surface area contributed by atoms with E-state index in [1.165, 1.54) is 11.9 Å². The van der Waals surface area contributed by atoms with Crippen molar-refractivity contribution in [2.45, 2.75) is 25.7 Å². The summed E-state index contributed by atoms with van der Waals surface area (Å²) in [4.78, 5) is 24.5. The predicted molar refractivity (Wildman–Crippen MR) is 94.6 cm³/mol. The number of nitrogens with one attached hydrogen (secondary N) is 1. The van der Waals surface area contributed by atoms with E-state index in [9.17, 15) is 9.59 Å². The van der Waals surface area contributed by atoms with Gasteiger partial charge in [0.1, 0.15) is 0 Å². The summed E-state index contributed by atoms with van der Waals surface area (Å²) in [5.74, 6) is -0.524. The fourth-order valence-corrected chi connectivity index (χ4v) is 2.70. The van der Waals surface area contributed by atoms with Gasteiger partial charge in [0.05, 0.1) is 16.6 Å². The van der Waals surface area contributed by atoms with Crippen LogP contribution in [0.2, 0.25) is 5.02 Å². The van der Waals surface area contributed by atoms with Crippen molar-refractivity contribution in [3.05, 3.63) is 29.0 Å². The summed E-state index contributed by atoms with van der Waals surface area (Å²) >= 11 is 6.28. The lowest BCUT2D eigenvalue weighted by atomic mass is 10.2. The second kappa shape index (κ2) is 7.28. The van der Waals surface area contributed by atoms with Crippen LogP contribution >= 0.6 is 11.6 Å². The zero-order valence-electron chi connectivity index (χ0n) is 14.4. The van der Waals surface area contributed by atoms with E-state index in [4.69, 9.17) is 16.7 Å². The van der Waals surface area contributed by atoms with Crippen LogP contribution < -0.4 is 5.32 Å². The molecule has 10 heteroatoms. The fourth-order valence-electron chi connectivity index (χ4n) is 2.51. The predicted octanol–water partition coefficient (Wildman–Crippen LogP) is 2.38. The van der Waals surface area contributed by atoms with Crippen molar-refractivity contribution in [2.24, 2.45) is 5.92 Å². The number of amides is 2. The topological polar surface area (TPSA) is 113 Å². The number of nitrogens with zero attached hydrogens (tertiary/aromatic N) is 5. The van der Waals surface area contributed by atoms with Gasteiger partial charge >= 0.3 is 12.0 Å². The first kappa shape index (κ1) is 18.1. The highest BCUT2D eigenvalue weighted by molar-refractivity contribution is 6.32. The molecular formula is C16H19ClN6O3. The molecule has 1 unspecified atom stereocenters. The van der Waals surface area contributed by atoms with Crippen LogP contribution in [0.1, 0.15) is 31.5 Å². The number of carboxylic acid groups (broad SMARTS) is 1. The quantitative estimate of drug-likeness (QED) is 0.797. The number of aliphatic carboxylic acids is 1. The minimum absolute atomic E-state index is 0.0977. The molecule has 0 spiro atoms. The van der Waals surface area contributed by atoms with Crippen molar-refractivity contribution >= 4 is 29.3 Å². The largest absolute Gasteiger partial charge is 0.481 e. The number of benzene rings is 1. The Kier molecular flexibility index (Phi) is 5.08. The minimum atomic E-state index is -0.954. The molecule has 1 heterocycles. The first-order valence-corrected chi connectivity index (χ1v) is 8.57. The molecule has 26 heavy (non-hydrogen) atoms. The van der Waals surface area contributed by atoms with Crippen LogP contribution in [0.5, 0.6) is 0 Å². The summed E-state index contributed by atoms with van der Waals surface area (Å²) in [6, 6.07) is 4.60. The van der Waals surface area contributed by atoms with Crippen LogP contribution in [0.4, 0.5) is 10.5 Å². The molecule has 1 atom stereocenters. The number of carbonyl (C=O) groups is 2. The molecule has 0 bridgehead atoms. The summed E-state index contributed by atoms with van der Waals surface area (Å²) in [6.07, 6.45) is 2.09. The molecule has 0 radical (unpaired) electrons. The van der Waals surface area contributed by atoms with Crippen LogP contribution in [-0.4, -0.2) is 55.8 Å². The lowest BCUT2D eigenvalue weighted by molar-refractivity contribution is -0.141. The summed E-state index contributed by atoms with van der Waals surface area (Å²) in [7, 11) is 1.54. The van der Waals surface area contributed by atoms with Gasteiger partial charge in [-0.1, -0.05) is 18.5 Å². The summed E-state index contributed by atoms with van der Waals surface area (Å²) in [6.45, 7) is 1.64. The van der Waals surface area contributed by atoms with Gasteiger partial charge in [0.15, 0.2) is 5.82 Å². The van der Waals surface area contributed by atoms with E-state index in [2.05, 4.69) is 20.8 Å². The molecule has 1 fully saturated rings. The number of rotatable bonds is 6. The second-order valence-electron chi connectivity index (χ2n) is 6.44. The van der Waals surface area contributed by atoms with Crippen LogP contribution in [-0.2, 0) is 4.79 Å². The van der Waals surface area contributed by atoms with E-state index in [1.54, 1.807) is 29.8 Å². The third-order valence-corrected chi connectivity index (χ3v) is 4.50. The summed E-state index contributed by atoms with van der Waals surface area (Å²) in [5, 5.41) is 23.9. The van der Waals surface area contributed by atoms with E-state index in [1.807, 2.05) is 0 Å². The first-order chi connectivity index (χ1) is 12.4. The average molecular weight is 379 g/mol. The highest BCUT2D eigenvalue weighted by Crippen LogP contribution is 2.39. The number of urea groups is 1. The van der Waals surface area contributed by atoms with Gasteiger partial charge in [-0.05, 0) is 41.5 Å². The monoisotopic (exact) mass is 378 g/mol. The Morgan fingerprint density at radius 3 is 2.85 bits per heavy atom. The number of hydrogen-bond acceptors (Lipinski definition) is 5. The van der Waals surface area contributed by atoms with Crippen LogP contribution in [0, 0.1) is 5.92 Å². The Morgan fingerprint density at radius 1 is 1.46 bits per heavy atom. The number of carboxylic acids is 1. The summed E-state index contributed by atoms with van der Waals surface area (Å²) < 4.78 is 1.59. The number of anilines is 1. The number of carbonyl (C=O) groups excluding carboxylic acids is 1. The maximum atomic E-state index is 12.3. The van der Waals surface area contributed by atoms with Crippen molar-refractivity contribution in [1.82, 2.24) is 25.1 Å². The third-order valence-electron chi connectivity index (χ3n) is 4.18. The van der Waals surface area contributed by atoms with Crippen molar-refractivity contribution in [3.63, 3.8) is 0 Å². The Bertz CT molecular complexity index is 835. The normalized spacial score (nSPS) is 14.7. The minimum Gasteiger partial charge on any atom is -0.481 e. The zero-order valence-corrected chi connectivity index (χ0v) is 15.1. The van der Waals surface area contributed by atoms with Crippen molar-refractivity contribution in [1.29, 1.82) is 0 Å². The third kappa shape index (κ3) is 3.93. The maximum Gasteiger partial charge on any atom is 0.321 e. The Morgan fingerprint density at radius 2 is 2.19 bits per heavy atom. The van der Waals surface area contributed by atoms with Crippen molar-refractivity contribution < 1.29 is 14.7 Å². The molecule has 9 nitrogen and oxygen atoms in total. The number of hydrogen-bond donors (Lipinski definition) is 2. The van der Waals surface area contributed by atoms with Gasteiger partial charge in [0.2, 0.25) is 0 Å². The second-order valence-corrected chi connectivity index (χ2v) is 6.85. The molecule has 0 saturated heterocycles. The van der Waals surface area contributed by atoms with Crippen LogP contribution in [0.3, 0.4) is 0 Å². The van der Waals surface area contributed by atoms with Gasteiger partial charge in [-0.25, -0.2) is 4.79 Å². The first-order valence-electron chi connectivity index (χ1n) is 8.20. The molecular weight excluding hydrogens is 360 g/mol. The average Bonchev–Trinajstić information content (AvgIpc) is 3.33. The van der Waals surface area contributed by atoms with Gasteiger partial charge in [0, 0.05) is 25.2 Å². The molecule has 138 valence electrons. The van der Waals surface area contributed by atoms with Gasteiger partial charge < -0.3 is 15.3 Å². The van der Waals surface area contributed by atoms with E-state index in [0.29, 0.717) is 22.3 Å². The zero-order chi connectivity index (χ0) is 18.8. The standard InChI is InChI=1S/C16H19ClN6O3/c1-9(15(24)25)8-22(2)16(26)18-11-5-6-12(17)13(7-11)23-14(10-3-4-10)19-20-21-23/h5-7,9-10H,3-4,8H2,1-2H3,(H,18,26)(H,24,25). The summed E-state index contributed by atoms with van der Waals surface area (Å²) in [5.41, 5.74) is 1.10. The van der Waals surface area contributed by atoms with Gasteiger partial charge in [-0.15, -0.1) is 5.10 Å². The molecule has 2 N–H and O–H groups in total. The SMILES string of the molecule is CC(CN(C)C(=O)Nc1ccc(Cl)c(-n2nnnc2C2CC2)c1)C(=O)O. The lowest BCUT2D eigenvalue weighted by Gasteiger charge is -2.20. The van der Waals surface area contributed by atoms with E-state index in [-0.39, 0.29) is 6.54 Å². The van der Waals surface area contributed by atoms with Crippen LogP contribution in [0.15, 0.2) is 18.2 Å². The lowest BCUT2D eigenvalue weighted by Crippen LogP contribution is -2.36. The van der Waals surface area contributed by atoms with Gasteiger partial charge in [0.25, 0.3) is 0 Å². The van der Waals surface area contributed by atoms with E-state index < -0.39 is 17.9 Å². The van der Waals surface area contributed by atoms with Crippen molar-refractivity contribution in [2.75, 3.05) is 18.9 Å². The number of aromatic nitrogens is 4. The molecule has 2 amide bonds. The van der Waals surface area contributed by atoms with Crippen molar-refractivity contribution in [3.8, 4) is 5.69 Å². The molecule has 1 aliphatic rings. The molecule has 0 aliphatic heterocycles. The fraction of sp³-hybridized carbons (Fsp3) is 0.438. The molecule has 1 saturated carbocycles. The van der Waals surface area contributed by atoms with Crippen LogP contribution in [0.25, 0.3) is 5.69 Å². The highest BCUT2D eigenvalue weighted by Gasteiger charge is 2.30. The Balaban J connectivity index is 1.76.